The molecule has 0 N–H and O–H groups in total. The molecule has 1 heterocycles. The monoisotopic (exact) mass is 301 g/mol. The third-order valence-corrected chi connectivity index (χ3v) is 4.15. The van der Waals surface area contributed by atoms with Crippen molar-refractivity contribution in [1.29, 1.82) is 0 Å². The number of sulfone groups is 1. The lowest BCUT2D eigenvalue weighted by Crippen LogP contribution is -2.03. The van der Waals surface area contributed by atoms with Crippen molar-refractivity contribution in [3.63, 3.8) is 0 Å². The van der Waals surface area contributed by atoms with Crippen LogP contribution in [0.5, 0.6) is 0 Å². The van der Waals surface area contributed by atoms with Crippen molar-refractivity contribution in [3.8, 4) is 11.5 Å². The molecule has 2 aromatic carbocycles. The predicted octanol–water partition coefficient (Wildman–Crippen LogP) is 2.26. The first-order chi connectivity index (χ1) is 9.95. The van der Waals surface area contributed by atoms with Gasteiger partial charge in [-0.25, -0.2) is 18.2 Å². The van der Waals surface area contributed by atoms with Crippen LogP contribution in [0.3, 0.4) is 0 Å². The molecule has 0 fully saturated rings. The third kappa shape index (κ3) is 2.57. The van der Waals surface area contributed by atoms with Crippen molar-refractivity contribution in [2.24, 2.45) is 0 Å². The maximum atomic E-state index is 11.9. The standard InChI is InChI=1S/C15H11NO4S/c1-21(18,19)11-6-4-5-10(9-11)14-16-13-8-3-2-7-12(13)15(17)20-14/h2-9H,1H3. The Morgan fingerprint density at radius 3 is 2.57 bits per heavy atom. The Kier molecular flexibility index (Phi) is 3.10. The number of rotatable bonds is 2. The summed E-state index contributed by atoms with van der Waals surface area (Å²) in [6.45, 7) is 0. The van der Waals surface area contributed by atoms with Crippen molar-refractivity contribution < 1.29 is 12.8 Å². The van der Waals surface area contributed by atoms with E-state index < -0.39 is 15.5 Å². The van der Waals surface area contributed by atoms with Gasteiger partial charge in [0.2, 0.25) is 5.89 Å². The summed E-state index contributed by atoms with van der Waals surface area (Å²) in [6.07, 6.45) is 1.12. The first kappa shape index (κ1) is 13.5. The Morgan fingerprint density at radius 2 is 1.81 bits per heavy atom. The molecule has 0 aliphatic rings. The largest absolute Gasteiger partial charge is 0.403 e. The quantitative estimate of drug-likeness (QED) is 0.725. The molecule has 0 spiro atoms. The van der Waals surface area contributed by atoms with Gasteiger partial charge in [-0.15, -0.1) is 0 Å². The maximum absolute atomic E-state index is 11.9. The maximum Gasteiger partial charge on any atom is 0.347 e. The highest BCUT2D eigenvalue weighted by Gasteiger charge is 2.12. The summed E-state index contributed by atoms with van der Waals surface area (Å²) in [5.74, 6) is 0.101. The number of aromatic nitrogens is 1. The van der Waals surface area contributed by atoms with Gasteiger partial charge in [-0.3, -0.25) is 0 Å². The molecule has 0 atom stereocenters. The zero-order chi connectivity index (χ0) is 15.0. The van der Waals surface area contributed by atoms with E-state index in [2.05, 4.69) is 4.98 Å². The average Bonchev–Trinajstić information content (AvgIpc) is 2.46. The van der Waals surface area contributed by atoms with Gasteiger partial charge in [0.25, 0.3) is 0 Å². The molecule has 5 nitrogen and oxygen atoms in total. The smallest absolute Gasteiger partial charge is 0.347 e. The van der Waals surface area contributed by atoms with Crippen LogP contribution in [0, 0.1) is 0 Å². The lowest BCUT2D eigenvalue weighted by Gasteiger charge is -2.03. The lowest BCUT2D eigenvalue weighted by atomic mass is 10.2. The Morgan fingerprint density at radius 1 is 1.05 bits per heavy atom. The Hall–Kier alpha value is -2.47. The normalized spacial score (nSPS) is 11.7. The van der Waals surface area contributed by atoms with Gasteiger partial charge in [-0.2, -0.15) is 0 Å². The number of hydrogen-bond acceptors (Lipinski definition) is 5. The van der Waals surface area contributed by atoms with E-state index in [1.54, 1.807) is 36.4 Å². The first-order valence-corrected chi connectivity index (χ1v) is 8.05. The fourth-order valence-electron chi connectivity index (χ4n) is 2.00. The molecule has 0 aliphatic heterocycles. The van der Waals surface area contributed by atoms with Crippen LogP contribution in [-0.4, -0.2) is 19.7 Å². The molecular weight excluding hydrogens is 290 g/mol. The van der Waals surface area contributed by atoms with Crippen LogP contribution in [-0.2, 0) is 9.84 Å². The Balaban J connectivity index is 2.24. The molecule has 3 aromatic rings. The van der Waals surface area contributed by atoms with E-state index >= 15 is 0 Å². The number of fused-ring (bicyclic) bond motifs is 1. The minimum atomic E-state index is -3.33. The third-order valence-electron chi connectivity index (χ3n) is 3.04. The van der Waals surface area contributed by atoms with Crippen LogP contribution in [0.4, 0.5) is 0 Å². The highest BCUT2D eigenvalue weighted by Crippen LogP contribution is 2.21. The van der Waals surface area contributed by atoms with Crippen molar-refractivity contribution in [1.82, 2.24) is 4.98 Å². The number of hydrogen-bond donors (Lipinski definition) is 0. The molecule has 0 bridgehead atoms. The lowest BCUT2D eigenvalue weighted by molar-refractivity contribution is 0.518. The minimum Gasteiger partial charge on any atom is -0.403 e. The molecule has 0 saturated carbocycles. The highest BCUT2D eigenvalue weighted by molar-refractivity contribution is 7.90. The van der Waals surface area contributed by atoms with Crippen molar-refractivity contribution in [2.45, 2.75) is 4.90 Å². The van der Waals surface area contributed by atoms with E-state index in [9.17, 15) is 13.2 Å². The molecule has 106 valence electrons. The van der Waals surface area contributed by atoms with Crippen LogP contribution in [0.2, 0.25) is 0 Å². The fourth-order valence-corrected chi connectivity index (χ4v) is 2.67. The molecule has 0 amide bonds. The zero-order valence-corrected chi connectivity index (χ0v) is 11.9. The van der Waals surface area contributed by atoms with E-state index in [0.29, 0.717) is 16.5 Å². The van der Waals surface area contributed by atoms with Gasteiger partial charge < -0.3 is 4.42 Å². The number of nitrogens with zero attached hydrogens (tertiary/aromatic N) is 1. The summed E-state index contributed by atoms with van der Waals surface area (Å²) >= 11 is 0. The van der Waals surface area contributed by atoms with Gasteiger partial charge >= 0.3 is 5.63 Å². The fraction of sp³-hybridized carbons (Fsp3) is 0.0667. The second kappa shape index (κ2) is 4.82. The van der Waals surface area contributed by atoms with Crippen molar-refractivity contribution in [3.05, 3.63) is 59.0 Å². The van der Waals surface area contributed by atoms with Crippen LogP contribution in [0.25, 0.3) is 22.4 Å². The average molecular weight is 301 g/mol. The van der Waals surface area contributed by atoms with E-state index in [1.165, 1.54) is 12.1 Å². The second-order valence-electron chi connectivity index (χ2n) is 4.62. The first-order valence-electron chi connectivity index (χ1n) is 6.15. The molecule has 21 heavy (non-hydrogen) atoms. The number of para-hydroxylation sites is 1. The van der Waals surface area contributed by atoms with Crippen LogP contribution in [0.1, 0.15) is 0 Å². The summed E-state index contributed by atoms with van der Waals surface area (Å²) in [7, 11) is -3.33. The van der Waals surface area contributed by atoms with Gasteiger partial charge in [0.05, 0.1) is 15.8 Å². The van der Waals surface area contributed by atoms with Crippen molar-refractivity contribution >= 4 is 20.7 Å². The van der Waals surface area contributed by atoms with E-state index in [0.717, 1.165) is 6.26 Å². The van der Waals surface area contributed by atoms with Crippen LogP contribution in [0.15, 0.2) is 62.6 Å². The van der Waals surface area contributed by atoms with Gasteiger partial charge in [-0.05, 0) is 30.3 Å². The molecule has 6 heteroatoms. The summed E-state index contributed by atoms with van der Waals surface area (Å²) in [5, 5.41) is 0.389. The molecule has 0 radical (unpaired) electrons. The topological polar surface area (TPSA) is 77.2 Å². The zero-order valence-electron chi connectivity index (χ0n) is 11.1. The van der Waals surface area contributed by atoms with Crippen molar-refractivity contribution in [2.75, 3.05) is 6.26 Å². The molecule has 0 saturated heterocycles. The van der Waals surface area contributed by atoms with Gasteiger partial charge in [-0.1, -0.05) is 18.2 Å². The molecule has 1 aromatic heterocycles. The van der Waals surface area contributed by atoms with Crippen LogP contribution < -0.4 is 5.63 Å². The number of benzene rings is 2. The Bertz CT molecular complexity index is 990. The second-order valence-corrected chi connectivity index (χ2v) is 6.64. The van der Waals surface area contributed by atoms with E-state index in [-0.39, 0.29) is 10.8 Å². The van der Waals surface area contributed by atoms with Crippen LogP contribution >= 0.6 is 0 Å². The van der Waals surface area contributed by atoms with E-state index in [4.69, 9.17) is 4.42 Å². The predicted molar refractivity (Wildman–Crippen MR) is 78.8 cm³/mol. The summed E-state index contributed by atoms with van der Waals surface area (Å²) < 4.78 is 28.3. The summed E-state index contributed by atoms with van der Waals surface area (Å²) in [6, 6.07) is 13.0. The van der Waals surface area contributed by atoms with Gasteiger partial charge in [0.15, 0.2) is 9.84 Å². The van der Waals surface area contributed by atoms with Gasteiger partial charge in [0.1, 0.15) is 0 Å². The molecule has 0 aliphatic carbocycles. The minimum absolute atomic E-state index is 0.101. The summed E-state index contributed by atoms with van der Waals surface area (Å²) in [5.41, 5.74) is 0.453. The SMILES string of the molecule is CS(=O)(=O)c1cccc(-c2nc3ccccc3c(=O)o2)c1. The summed E-state index contributed by atoms with van der Waals surface area (Å²) in [4.78, 5) is 16.3. The van der Waals surface area contributed by atoms with E-state index in [1.807, 2.05) is 0 Å². The highest BCUT2D eigenvalue weighted by atomic mass is 32.2. The Labute approximate surface area is 120 Å². The molecular formula is C15H11NO4S. The molecule has 3 rings (SSSR count). The van der Waals surface area contributed by atoms with Gasteiger partial charge in [0, 0.05) is 11.8 Å². The molecule has 0 unspecified atom stereocenters.